The summed E-state index contributed by atoms with van der Waals surface area (Å²) in [5.74, 6) is -2.81. The molecule has 0 unspecified atom stereocenters. The van der Waals surface area contributed by atoms with Crippen LogP contribution >= 0.6 is 0 Å². The Bertz CT molecular complexity index is 1880. The molecule has 15 nitrogen and oxygen atoms in total. The van der Waals surface area contributed by atoms with E-state index in [1.807, 2.05) is 57.2 Å². The zero-order chi connectivity index (χ0) is 39.6. The number of ether oxygens (including phenoxy) is 1. The van der Waals surface area contributed by atoms with Crippen molar-refractivity contribution in [1.29, 1.82) is 0 Å². The van der Waals surface area contributed by atoms with Gasteiger partial charge >= 0.3 is 18.2 Å². The van der Waals surface area contributed by atoms with E-state index in [-0.39, 0.29) is 24.2 Å². The van der Waals surface area contributed by atoms with E-state index >= 15 is 0 Å². The van der Waals surface area contributed by atoms with E-state index in [0.717, 1.165) is 29.5 Å². The van der Waals surface area contributed by atoms with Crippen molar-refractivity contribution in [2.75, 3.05) is 17.2 Å². The number of nitrogens with zero attached hydrogens (tertiary/aromatic N) is 5. The highest BCUT2D eigenvalue weighted by molar-refractivity contribution is 6.01. The molecule has 2 aromatic heterocycles. The number of aliphatic carboxylic acids is 1. The Morgan fingerprint density at radius 3 is 2.11 bits per heavy atom. The number of anilines is 2. The van der Waals surface area contributed by atoms with Gasteiger partial charge in [0.2, 0.25) is 17.6 Å². The van der Waals surface area contributed by atoms with E-state index in [0.29, 0.717) is 42.3 Å². The maximum Gasteiger partial charge on any atom is 0.490 e. The number of carbonyl (C=O) groups is 4. The highest BCUT2D eigenvalue weighted by Gasteiger charge is 2.38. The van der Waals surface area contributed by atoms with Gasteiger partial charge in [-0.1, -0.05) is 24.3 Å². The number of carboxylic acid groups (broad SMARTS) is 1. The molecular formula is C36H42F3N9O6. The van der Waals surface area contributed by atoms with E-state index in [2.05, 4.69) is 30.9 Å². The van der Waals surface area contributed by atoms with E-state index in [1.165, 1.54) is 0 Å². The van der Waals surface area contributed by atoms with Crippen molar-refractivity contribution >= 4 is 35.4 Å². The van der Waals surface area contributed by atoms with Crippen LogP contribution in [0.3, 0.4) is 0 Å². The number of aromatic nitrogens is 5. The van der Waals surface area contributed by atoms with Gasteiger partial charge in [0.1, 0.15) is 17.5 Å². The number of hydrogen-bond donors (Lipinski definition) is 5. The van der Waals surface area contributed by atoms with Crippen LogP contribution in [0.25, 0.3) is 22.5 Å². The molecule has 3 amide bonds. The normalized spacial score (nSPS) is 16.3. The number of carboxylic acids is 1. The quantitative estimate of drug-likeness (QED) is 0.146. The fourth-order valence-corrected chi connectivity index (χ4v) is 5.89. The van der Waals surface area contributed by atoms with Crippen LogP contribution in [-0.4, -0.2) is 79.0 Å². The number of aromatic amines is 1. The molecule has 7 N–H and O–H groups in total. The molecule has 1 atom stereocenters. The van der Waals surface area contributed by atoms with Gasteiger partial charge in [-0.25, -0.2) is 14.6 Å². The molecule has 0 aliphatic heterocycles. The minimum absolute atomic E-state index is 0.167. The topological polar surface area (TPSA) is 232 Å². The van der Waals surface area contributed by atoms with Crippen LogP contribution in [0.2, 0.25) is 0 Å². The molecule has 1 aliphatic rings. The zero-order valence-corrected chi connectivity index (χ0v) is 29.8. The number of nitrogen functional groups attached to an aromatic ring is 1. The average molecular weight is 754 g/mol. The van der Waals surface area contributed by atoms with Crippen LogP contribution < -0.4 is 21.7 Å². The van der Waals surface area contributed by atoms with Crippen LogP contribution in [-0.2, 0) is 25.5 Å². The van der Waals surface area contributed by atoms with Gasteiger partial charge in [0.25, 0.3) is 0 Å². The highest BCUT2D eigenvalue weighted by atomic mass is 19.4. The highest BCUT2D eigenvalue weighted by Crippen LogP contribution is 2.33. The van der Waals surface area contributed by atoms with E-state index in [4.69, 9.17) is 26.1 Å². The Morgan fingerprint density at radius 2 is 1.59 bits per heavy atom. The maximum atomic E-state index is 14.3. The number of halogens is 3. The molecule has 1 fully saturated rings. The van der Waals surface area contributed by atoms with E-state index in [1.54, 1.807) is 35.4 Å². The minimum Gasteiger partial charge on any atom is -0.475 e. The molecule has 0 spiro atoms. The summed E-state index contributed by atoms with van der Waals surface area (Å²) in [6.45, 7) is 5.94. The SMILES string of the molecule is CC(C)(C)OC(=O)NCC1CCC(C(=O)N(c2ccc(-c3nn[nH]n3)cc2)[C@@H](Cc2ccc(-c3cccnc3N)cc2)C(N)=O)CC1.O=C(O)C(F)(F)F. The summed E-state index contributed by atoms with van der Waals surface area (Å²) in [7, 11) is 0. The summed E-state index contributed by atoms with van der Waals surface area (Å²) in [6.07, 6.45) is -0.960. The number of amides is 3. The average Bonchev–Trinajstić information content (AvgIpc) is 3.66. The third-order valence-corrected chi connectivity index (χ3v) is 8.53. The number of alkyl carbamates (subject to hydrolysis) is 1. The number of nitrogens with one attached hydrogen (secondary N) is 2. The minimum atomic E-state index is -5.08. The van der Waals surface area contributed by atoms with Crippen molar-refractivity contribution in [2.24, 2.45) is 17.6 Å². The van der Waals surface area contributed by atoms with Gasteiger partial charge < -0.3 is 26.6 Å². The summed E-state index contributed by atoms with van der Waals surface area (Å²) in [5, 5.41) is 24.1. The first kappa shape index (κ1) is 40.7. The number of H-pyrrole nitrogens is 1. The molecule has 2 aromatic carbocycles. The van der Waals surface area contributed by atoms with Gasteiger partial charge in [0.05, 0.1) is 0 Å². The standard InChI is InChI=1S/C34H41N9O4.C2HF3O2/c1-34(2,3)47-33(46)38-20-22-8-12-25(13-9-22)32(45)43(26-16-14-24(15-17-26)31-39-41-42-40-31)28(30(36)44)19-21-6-10-23(11-7-21)27-5-4-18-37-29(27)35;3-2(4,5)1(6)7/h4-7,10-11,14-18,22,25,28H,8-9,12-13,19-20H2,1-3H3,(H2,35,37)(H2,36,44)(H,38,46)(H,39,40,41,42);(H,6,7)/t22?,25?,28-;/m0./s1. The van der Waals surface area contributed by atoms with Crippen LogP contribution in [0.1, 0.15) is 52.0 Å². The molecule has 5 rings (SSSR count). The van der Waals surface area contributed by atoms with Crippen molar-refractivity contribution in [3.63, 3.8) is 0 Å². The predicted molar refractivity (Wildman–Crippen MR) is 191 cm³/mol. The molecule has 1 saturated carbocycles. The van der Waals surface area contributed by atoms with Gasteiger partial charge in [-0.15, -0.1) is 10.2 Å². The fraction of sp³-hybridized carbons (Fsp3) is 0.389. The first-order valence-corrected chi connectivity index (χ1v) is 17.0. The monoisotopic (exact) mass is 753 g/mol. The second kappa shape index (κ2) is 17.6. The smallest absolute Gasteiger partial charge is 0.475 e. The van der Waals surface area contributed by atoms with Crippen molar-refractivity contribution < 1.29 is 42.2 Å². The van der Waals surface area contributed by atoms with E-state index in [9.17, 15) is 27.6 Å². The summed E-state index contributed by atoms with van der Waals surface area (Å²) in [6, 6.07) is 17.5. The second-order valence-electron chi connectivity index (χ2n) is 13.6. The van der Waals surface area contributed by atoms with Gasteiger partial charge in [0.15, 0.2) is 0 Å². The summed E-state index contributed by atoms with van der Waals surface area (Å²) in [5.41, 5.74) is 15.3. The number of primary amides is 1. The Hall–Kier alpha value is -6.07. The lowest BCUT2D eigenvalue weighted by molar-refractivity contribution is -0.192. The lowest BCUT2D eigenvalue weighted by Crippen LogP contribution is -2.52. The first-order valence-electron chi connectivity index (χ1n) is 17.0. The molecule has 0 saturated heterocycles. The molecule has 1 aliphatic carbocycles. The number of nitrogens with two attached hydrogens (primary N) is 2. The van der Waals surface area contributed by atoms with Crippen LogP contribution in [0, 0.1) is 11.8 Å². The lowest BCUT2D eigenvalue weighted by Gasteiger charge is -2.36. The largest absolute Gasteiger partial charge is 0.490 e. The molecule has 18 heteroatoms. The van der Waals surface area contributed by atoms with Crippen molar-refractivity contribution in [3.8, 4) is 22.5 Å². The Morgan fingerprint density at radius 1 is 0.981 bits per heavy atom. The molecule has 54 heavy (non-hydrogen) atoms. The Balaban J connectivity index is 0.000000845. The molecule has 2 heterocycles. The maximum absolute atomic E-state index is 14.3. The van der Waals surface area contributed by atoms with Gasteiger partial charge in [-0.3, -0.25) is 14.5 Å². The van der Waals surface area contributed by atoms with Gasteiger partial charge in [-0.05, 0) is 105 Å². The summed E-state index contributed by atoms with van der Waals surface area (Å²) < 4.78 is 37.1. The first-order chi connectivity index (χ1) is 25.4. The zero-order valence-electron chi connectivity index (χ0n) is 29.8. The molecular weight excluding hydrogens is 711 g/mol. The number of rotatable bonds is 10. The van der Waals surface area contributed by atoms with E-state index < -0.39 is 35.8 Å². The number of tetrazole rings is 1. The summed E-state index contributed by atoms with van der Waals surface area (Å²) in [4.78, 5) is 54.2. The Labute approximate surface area is 308 Å². The Kier molecular flexibility index (Phi) is 13.3. The number of carbonyl (C=O) groups excluding carboxylic acids is 3. The fourth-order valence-electron chi connectivity index (χ4n) is 5.89. The molecule has 0 radical (unpaired) electrons. The van der Waals surface area contributed by atoms with Gasteiger partial charge in [0, 0.05) is 41.9 Å². The second-order valence-corrected chi connectivity index (χ2v) is 13.6. The lowest BCUT2D eigenvalue weighted by atomic mass is 9.81. The number of benzene rings is 2. The number of pyridine rings is 1. The van der Waals surface area contributed by atoms with Crippen LogP contribution in [0.5, 0.6) is 0 Å². The van der Waals surface area contributed by atoms with Crippen LogP contribution in [0.4, 0.5) is 29.5 Å². The third kappa shape index (κ3) is 11.5. The third-order valence-electron chi connectivity index (χ3n) is 8.53. The van der Waals surface area contributed by atoms with Crippen molar-refractivity contribution in [2.45, 2.75) is 70.7 Å². The predicted octanol–water partition coefficient (Wildman–Crippen LogP) is 4.90. The van der Waals surface area contributed by atoms with Crippen molar-refractivity contribution in [1.82, 2.24) is 30.9 Å². The number of hydrogen-bond acceptors (Lipinski definition) is 10. The van der Waals surface area contributed by atoms with Crippen molar-refractivity contribution in [3.05, 3.63) is 72.4 Å². The molecule has 0 bridgehead atoms. The summed E-state index contributed by atoms with van der Waals surface area (Å²) >= 11 is 0. The molecule has 288 valence electrons. The number of alkyl halides is 3. The van der Waals surface area contributed by atoms with Crippen LogP contribution in [0.15, 0.2) is 66.9 Å². The van der Waals surface area contributed by atoms with Gasteiger partial charge in [-0.2, -0.15) is 18.4 Å². The molecule has 4 aromatic rings.